The molecule has 0 atom stereocenters. The van der Waals surface area contributed by atoms with Crippen LogP contribution in [0.1, 0.15) is 23.2 Å². The van der Waals surface area contributed by atoms with Crippen molar-refractivity contribution in [2.24, 2.45) is 0 Å². The van der Waals surface area contributed by atoms with Crippen LogP contribution in [-0.2, 0) is 12.1 Å². The highest BCUT2D eigenvalue weighted by Gasteiger charge is 2.39. The predicted octanol–water partition coefficient (Wildman–Crippen LogP) is 4.54. The number of hydrogen-bond acceptors (Lipinski definition) is 1. The van der Waals surface area contributed by atoms with E-state index in [-0.39, 0.29) is 11.4 Å². The molecule has 1 rings (SSSR count). The Morgan fingerprint density at radius 1 is 1.38 bits per heavy atom. The molecule has 0 unspecified atom stereocenters. The second-order valence-electron chi connectivity index (χ2n) is 2.79. The Morgan fingerprint density at radius 3 is 2.31 bits per heavy atom. The van der Waals surface area contributed by atoms with E-state index in [2.05, 4.69) is 20.9 Å². The first-order valence-electron chi connectivity index (χ1n) is 3.87. The van der Waals surface area contributed by atoms with Gasteiger partial charge in [0.1, 0.15) is 5.69 Å². The molecule has 1 aromatic rings. The van der Waals surface area contributed by atoms with Crippen LogP contribution in [0.2, 0.25) is 0 Å². The van der Waals surface area contributed by atoms with Crippen LogP contribution in [0.15, 0.2) is 10.7 Å². The SMILES string of the molecule is FC(F)c1ncc(CCl)c(Br)c1C(F)(F)F. The zero-order valence-corrected chi connectivity index (χ0v) is 9.80. The van der Waals surface area contributed by atoms with Gasteiger partial charge in [-0.15, -0.1) is 11.6 Å². The summed E-state index contributed by atoms with van der Waals surface area (Å²) in [4.78, 5) is 3.09. The first-order chi connectivity index (χ1) is 7.29. The Labute approximate surface area is 101 Å². The van der Waals surface area contributed by atoms with Gasteiger partial charge in [-0.3, -0.25) is 4.98 Å². The van der Waals surface area contributed by atoms with Crippen molar-refractivity contribution in [3.63, 3.8) is 0 Å². The van der Waals surface area contributed by atoms with E-state index in [4.69, 9.17) is 11.6 Å². The Bertz CT molecular complexity index is 393. The zero-order chi connectivity index (χ0) is 12.5. The van der Waals surface area contributed by atoms with Gasteiger partial charge in [-0.25, -0.2) is 8.78 Å². The summed E-state index contributed by atoms with van der Waals surface area (Å²) in [6.07, 6.45) is -7.30. The summed E-state index contributed by atoms with van der Waals surface area (Å²) < 4.78 is 61.8. The maximum absolute atomic E-state index is 12.5. The van der Waals surface area contributed by atoms with Crippen molar-refractivity contribution in [1.29, 1.82) is 0 Å². The van der Waals surface area contributed by atoms with Gasteiger partial charge in [0.05, 0.1) is 11.4 Å². The Balaban J connectivity index is 3.50. The lowest BCUT2D eigenvalue weighted by molar-refractivity contribution is -0.140. The molecule has 16 heavy (non-hydrogen) atoms. The van der Waals surface area contributed by atoms with Crippen LogP contribution >= 0.6 is 27.5 Å². The lowest BCUT2D eigenvalue weighted by Crippen LogP contribution is -2.13. The molecule has 90 valence electrons. The molecular formula is C8H4BrClF5N. The lowest BCUT2D eigenvalue weighted by atomic mass is 10.1. The third-order valence-corrected chi connectivity index (χ3v) is 2.94. The molecule has 0 aliphatic heterocycles. The van der Waals surface area contributed by atoms with Crippen molar-refractivity contribution in [3.8, 4) is 0 Å². The molecule has 8 heteroatoms. The molecule has 1 aromatic heterocycles. The number of halogens is 7. The molecule has 0 amide bonds. The number of nitrogens with zero attached hydrogens (tertiary/aromatic N) is 1. The standard InChI is InChI=1S/C8H4BrClF5N/c9-5-3(1-10)2-16-6(7(11)12)4(5)8(13,14)15/h2,7H,1H2. The van der Waals surface area contributed by atoms with Crippen molar-refractivity contribution >= 4 is 27.5 Å². The number of aromatic nitrogens is 1. The van der Waals surface area contributed by atoms with E-state index in [1.54, 1.807) is 0 Å². The second-order valence-corrected chi connectivity index (χ2v) is 3.85. The van der Waals surface area contributed by atoms with Gasteiger partial charge in [-0.2, -0.15) is 13.2 Å². The molecule has 0 N–H and O–H groups in total. The van der Waals surface area contributed by atoms with E-state index in [9.17, 15) is 22.0 Å². The fourth-order valence-corrected chi connectivity index (χ4v) is 2.10. The predicted molar refractivity (Wildman–Crippen MR) is 51.5 cm³/mol. The topological polar surface area (TPSA) is 12.9 Å². The summed E-state index contributed by atoms with van der Waals surface area (Å²) in [6.45, 7) is 0. The maximum Gasteiger partial charge on any atom is 0.419 e. The summed E-state index contributed by atoms with van der Waals surface area (Å²) in [7, 11) is 0. The quantitative estimate of drug-likeness (QED) is 0.575. The van der Waals surface area contributed by atoms with E-state index in [0.29, 0.717) is 0 Å². The van der Waals surface area contributed by atoms with Crippen LogP contribution in [-0.4, -0.2) is 4.98 Å². The van der Waals surface area contributed by atoms with Crippen molar-refractivity contribution in [1.82, 2.24) is 4.98 Å². The first kappa shape index (κ1) is 13.6. The fraction of sp³-hybridized carbons (Fsp3) is 0.375. The van der Waals surface area contributed by atoms with Crippen molar-refractivity contribution < 1.29 is 22.0 Å². The molecule has 0 saturated carbocycles. The minimum atomic E-state index is -4.90. The Morgan fingerprint density at radius 2 is 1.94 bits per heavy atom. The molecule has 0 aromatic carbocycles. The maximum atomic E-state index is 12.5. The molecular weight excluding hydrogens is 320 g/mol. The third-order valence-electron chi connectivity index (χ3n) is 1.75. The lowest BCUT2D eigenvalue weighted by Gasteiger charge is -2.15. The monoisotopic (exact) mass is 323 g/mol. The summed E-state index contributed by atoms with van der Waals surface area (Å²) >= 11 is 7.98. The summed E-state index contributed by atoms with van der Waals surface area (Å²) in [5.41, 5.74) is -2.76. The molecule has 0 aliphatic rings. The molecule has 0 spiro atoms. The van der Waals surface area contributed by atoms with Gasteiger partial charge >= 0.3 is 6.18 Å². The number of pyridine rings is 1. The minimum absolute atomic E-state index is 0.0124. The average molecular weight is 324 g/mol. The molecule has 0 saturated heterocycles. The number of alkyl halides is 6. The van der Waals surface area contributed by atoms with Crippen LogP contribution in [0.5, 0.6) is 0 Å². The minimum Gasteiger partial charge on any atom is -0.254 e. The van der Waals surface area contributed by atoms with E-state index >= 15 is 0 Å². The van der Waals surface area contributed by atoms with Crippen LogP contribution in [0.3, 0.4) is 0 Å². The molecule has 0 bridgehead atoms. The Kier molecular flexibility index (Phi) is 4.12. The van der Waals surface area contributed by atoms with Gasteiger partial charge in [0.25, 0.3) is 6.43 Å². The van der Waals surface area contributed by atoms with E-state index < -0.39 is 28.3 Å². The van der Waals surface area contributed by atoms with Gasteiger partial charge in [0, 0.05) is 16.2 Å². The van der Waals surface area contributed by atoms with Crippen LogP contribution in [0, 0.1) is 0 Å². The second kappa shape index (κ2) is 4.83. The summed E-state index contributed by atoms with van der Waals surface area (Å²) in [6, 6.07) is 0. The van der Waals surface area contributed by atoms with Crippen LogP contribution in [0.4, 0.5) is 22.0 Å². The number of rotatable bonds is 2. The zero-order valence-electron chi connectivity index (χ0n) is 7.45. The average Bonchev–Trinajstić information content (AvgIpc) is 2.14. The van der Waals surface area contributed by atoms with E-state index in [1.165, 1.54) is 0 Å². The summed E-state index contributed by atoms with van der Waals surface area (Å²) in [5.74, 6) is -0.250. The van der Waals surface area contributed by atoms with Gasteiger partial charge in [0.15, 0.2) is 0 Å². The van der Waals surface area contributed by atoms with Crippen molar-refractivity contribution in [3.05, 3.63) is 27.5 Å². The van der Waals surface area contributed by atoms with Gasteiger partial charge < -0.3 is 0 Å². The largest absolute Gasteiger partial charge is 0.419 e. The van der Waals surface area contributed by atoms with Gasteiger partial charge in [0.2, 0.25) is 0 Å². The molecule has 0 fully saturated rings. The first-order valence-corrected chi connectivity index (χ1v) is 5.20. The molecule has 1 heterocycles. The fourth-order valence-electron chi connectivity index (χ4n) is 1.07. The van der Waals surface area contributed by atoms with Crippen molar-refractivity contribution in [2.45, 2.75) is 18.5 Å². The third kappa shape index (κ3) is 2.63. The summed E-state index contributed by atoms with van der Waals surface area (Å²) in [5, 5.41) is 0. The molecule has 0 aliphatic carbocycles. The molecule has 0 radical (unpaired) electrons. The smallest absolute Gasteiger partial charge is 0.254 e. The van der Waals surface area contributed by atoms with E-state index in [0.717, 1.165) is 6.20 Å². The highest BCUT2D eigenvalue weighted by molar-refractivity contribution is 9.10. The molecule has 1 nitrogen and oxygen atoms in total. The van der Waals surface area contributed by atoms with Crippen molar-refractivity contribution in [2.75, 3.05) is 0 Å². The highest BCUT2D eigenvalue weighted by Crippen LogP contribution is 2.41. The van der Waals surface area contributed by atoms with Crippen LogP contribution < -0.4 is 0 Å². The van der Waals surface area contributed by atoms with E-state index in [1.807, 2.05) is 0 Å². The Hall–Kier alpha value is -0.430. The van der Waals surface area contributed by atoms with Crippen LogP contribution in [0.25, 0.3) is 0 Å². The van der Waals surface area contributed by atoms with Gasteiger partial charge in [-0.1, -0.05) is 0 Å². The normalized spacial score (nSPS) is 12.2. The number of hydrogen-bond donors (Lipinski definition) is 0. The van der Waals surface area contributed by atoms with Gasteiger partial charge in [-0.05, 0) is 15.9 Å². The highest BCUT2D eigenvalue weighted by atomic mass is 79.9.